The van der Waals surface area contributed by atoms with Crippen molar-refractivity contribution in [3.8, 4) is 5.75 Å². The zero-order valence-corrected chi connectivity index (χ0v) is 22.3. The van der Waals surface area contributed by atoms with Crippen molar-refractivity contribution in [2.75, 3.05) is 19.5 Å². The van der Waals surface area contributed by atoms with Crippen LogP contribution in [0.4, 0.5) is 5.69 Å². The van der Waals surface area contributed by atoms with E-state index in [-0.39, 0.29) is 29.2 Å². The Morgan fingerprint density at radius 1 is 1.18 bits per heavy atom. The van der Waals surface area contributed by atoms with Gasteiger partial charge in [-0.25, -0.2) is 0 Å². The third kappa shape index (κ3) is 5.56. The molecule has 1 aliphatic carbocycles. The normalized spacial score (nSPS) is 18.0. The molecule has 1 saturated carbocycles. The van der Waals surface area contributed by atoms with Crippen LogP contribution in [0.3, 0.4) is 0 Å². The number of pyridine rings is 1. The van der Waals surface area contributed by atoms with Crippen molar-refractivity contribution in [1.82, 2.24) is 19.2 Å². The van der Waals surface area contributed by atoms with E-state index in [0.29, 0.717) is 16.8 Å². The Balaban J connectivity index is 1.48. The SMILES string of the molecule is COc1cc2nn([C@H]3CC[C@H](N(C)C(=O)[C@@H](C)OC(C)=O)CC3)cc2cc1C(=O)Nc1cccn(C)c1=O. The zero-order valence-electron chi connectivity index (χ0n) is 22.3. The highest BCUT2D eigenvalue weighted by Crippen LogP contribution is 2.33. The van der Waals surface area contributed by atoms with Crippen LogP contribution in [-0.2, 0) is 21.4 Å². The van der Waals surface area contributed by atoms with Gasteiger partial charge in [-0.3, -0.25) is 23.9 Å². The predicted molar refractivity (Wildman–Crippen MR) is 141 cm³/mol. The van der Waals surface area contributed by atoms with Gasteiger partial charge in [0.2, 0.25) is 0 Å². The molecule has 0 saturated heterocycles. The fourth-order valence-corrected chi connectivity index (χ4v) is 4.96. The molecule has 4 rings (SSSR count). The standard InChI is InChI=1S/C27H33N5O6/c1-16(38-17(2)33)26(35)31(4)19-8-10-20(11-9-19)32-15-18-13-21(24(37-5)14-23(18)29-32)25(34)28-22-7-6-12-30(3)27(22)36/h6-7,12-16,19-20H,8-11H2,1-5H3,(H,28,34)/t16-,19-,20-/m1/s1. The van der Waals surface area contributed by atoms with Crippen molar-refractivity contribution >= 4 is 34.4 Å². The van der Waals surface area contributed by atoms with Crippen LogP contribution in [0.25, 0.3) is 10.9 Å². The number of ether oxygens (including phenoxy) is 2. The minimum absolute atomic E-state index is 0.0582. The summed E-state index contributed by atoms with van der Waals surface area (Å²) < 4.78 is 13.8. The molecule has 38 heavy (non-hydrogen) atoms. The smallest absolute Gasteiger partial charge is 0.303 e. The highest BCUT2D eigenvalue weighted by molar-refractivity contribution is 6.08. The van der Waals surface area contributed by atoms with Crippen LogP contribution in [0.5, 0.6) is 5.75 Å². The molecule has 0 spiro atoms. The average molecular weight is 524 g/mol. The number of likely N-dealkylation sites (N-methyl/N-ethyl adjacent to an activating group) is 1. The Morgan fingerprint density at radius 3 is 2.55 bits per heavy atom. The van der Waals surface area contributed by atoms with Crippen molar-refractivity contribution in [3.63, 3.8) is 0 Å². The molecule has 2 aromatic heterocycles. The van der Waals surface area contributed by atoms with E-state index < -0.39 is 18.0 Å². The number of methoxy groups -OCH3 is 1. The quantitative estimate of drug-likeness (QED) is 0.472. The molecule has 1 atom stereocenters. The summed E-state index contributed by atoms with van der Waals surface area (Å²) in [4.78, 5) is 50.9. The Morgan fingerprint density at radius 2 is 1.89 bits per heavy atom. The second-order valence-corrected chi connectivity index (χ2v) is 9.68. The molecule has 2 amide bonds. The van der Waals surface area contributed by atoms with Crippen molar-refractivity contribution in [2.45, 2.75) is 57.7 Å². The molecule has 202 valence electrons. The number of esters is 1. The summed E-state index contributed by atoms with van der Waals surface area (Å²) in [5.41, 5.74) is 0.868. The Hall–Kier alpha value is -4.15. The van der Waals surface area contributed by atoms with Gasteiger partial charge in [-0.2, -0.15) is 5.10 Å². The van der Waals surface area contributed by atoms with Crippen LogP contribution in [0.15, 0.2) is 41.5 Å². The van der Waals surface area contributed by atoms with E-state index in [1.54, 1.807) is 56.4 Å². The topological polar surface area (TPSA) is 125 Å². The number of carbonyl (C=O) groups excluding carboxylic acids is 3. The summed E-state index contributed by atoms with van der Waals surface area (Å²) in [6.45, 7) is 2.88. The van der Waals surface area contributed by atoms with Crippen LogP contribution in [0.2, 0.25) is 0 Å². The third-order valence-corrected chi connectivity index (χ3v) is 7.09. The summed E-state index contributed by atoms with van der Waals surface area (Å²) in [6, 6.07) is 6.88. The number of amides is 2. The van der Waals surface area contributed by atoms with E-state index in [1.165, 1.54) is 18.6 Å². The van der Waals surface area contributed by atoms with Crippen molar-refractivity contribution < 1.29 is 23.9 Å². The van der Waals surface area contributed by atoms with Crippen LogP contribution in [0, 0.1) is 0 Å². The molecule has 11 heteroatoms. The molecule has 1 fully saturated rings. The first-order chi connectivity index (χ1) is 18.1. The number of benzene rings is 1. The highest BCUT2D eigenvalue weighted by Gasteiger charge is 2.31. The number of carbonyl (C=O) groups is 3. The lowest BCUT2D eigenvalue weighted by atomic mass is 9.90. The van der Waals surface area contributed by atoms with Gasteiger partial charge in [0.15, 0.2) is 6.10 Å². The van der Waals surface area contributed by atoms with E-state index >= 15 is 0 Å². The summed E-state index contributed by atoms with van der Waals surface area (Å²) in [7, 11) is 4.85. The number of nitrogens with zero attached hydrogens (tertiary/aromatic N) is 4. The Bertz CT molecular complexity index is 1420. The molecule has 0 bridgehead atoms. The summed E-state index contributed by atoms with van der Waals surface area (Å²) in [5.74, 6) is -0.773. The van der Waals surface area contributed by atoms with Gasteiger partial charge in [-0.05, 0) is 50.8 Å². The molecule has 1 aliphatic rings. The molecule has 0 aliphatic heterocycles. The summed E-state index contributed by atoms with van der Waals surface area (Å²) >= 11 is 0. The number of aromatic nitrogens is 3. The Labute approximate surface area is 220 Å². The lowest BCUT2D eigenvalue weighted by Crippen LogP contribution is -2.45. The van der Waals surface area contributed by atoms with E-state index in [0.717, 1.165) is 31.1 Å². The number of fused-ring (bicyclic) bond motifs is 1. The maximum absolute atomic E-state index is 13.0. The first-order valence-corrected chi connectivity index (χ1v) is 12.6. The average Bonchev–Trinajstić information content (AvgIpc) is 3.32. The minimum Gasteiger partial charge on any atom is -0.496 e. The molecule has 3 aromatic rings. The second-order valence-electron chi connectivity index (χ2n) is 9.68. The van der Waals surface area contributed by atoms with Gasteiger partial charge in [0.05, 0.1) is 24.2 Å². The predicted octanol–water partition coefficient (Wildman–Crippen LogP) is 2.89. The van der Waals surface area contributed by atoms with Gasteiger partial charge in [0, 0.05) is 50.9 Å². The fraction of sp³-hybridized carbons (Fsp3) is 0.444. The van der Waals surface area contributed by atoms with E-state index in [9.17, 15) is 19.2 Å². The van der Waals surface area contributed by atoms with Gasteiger partial charge >= 0.3 is 5.97 Å². The van der Waals surface area contributed by atoms with Gasteiger partial charge < -0.3 is 24.3 Å². The van der Waals surface area contributed by atoms with Gasteiger partial charge in [0.25, 0.3) is 17.4 Å². The number of hydrogen-bond donors (Lipinski definition) is 1. The molecular weight excluding hydrogens is 490 g/mol. The second kappa shape index (κ2) is 11.1. The number of rotatable bonds is 7. The molecule has 2 heterocycles. The lowest BCUT2D eigenvalue weighted by Gasteiger charge is -2.35. The molecule has 0 unspecified atom stereocenters. The van der Waals surface area contributed by atoms with Gasteiger partial charge in [0.1, 0.15) is 11.4 Å². The van der Waals surface area contributed by atoms with Crippen molar-refractivity contribution in [3.05, 3.63) is 52.6 Å². The molecule has 1 aromatic carbocycles. The Kier molecular flexibility index (Phi) is 7.84. The van der Waals surface area contributed by atoms with Gasteiger partial charge in [-0.1, -0.05) is 0 Å². The first kappa shape index (κ1) is 26.9. The molecule has 1 N–H and O–H groups in total. The van der Waals surface area contributed by atoms with Crippen LogP contribution >= 0.6 is 0 Å². The fourth-order valence-electron chi connectivity index (χ4n) is 4.96. The summed E-state index contributed by atoms with van der Waals surface area (Å²) in [6.07, 6.45) is 5.94. The van der Waals surface area contributed by atoms with Gasteiger partial charge in [-0.15, -0.1) is 0 Å². The van der Waals surface area contributed by atoms with Crippen LogP contribution in [-0.4, -0.2) is 63.3 Å². The van der Waals surface area contributed by atoms with Crippen LogP contribution < -0.4 is 15.6 Å². The highest BCUT2D eigenvalue weighted by atomic mass is 16.5. The number of anilines is 1. The van der Waals surface area contributed by atoms with E-state index in [4.69, 9.17) is 14.6 Å². The largest absolute Gasteiger partial charge is 0.496 e. The lowest BCUT2D eigenvalue weighted by molar-refractivity contribution is -0.158. The molecule has 11 nitrogen and oxygen atoms in total. The summed E-state index contributed by atoms with van der Waals surface area (Å²) in [5, 5.41) is 8.19. The van der Waals surface area contributed by atoms with Crippen molar-refractivity contribution in [1.29, 1.82) is 0 Å². The minimum atomic E-state index is -0.807. The maximum atomic E-state index is 13.0. The molecule has 0 radical (unpaired) electrons. The molecular formula is C27H33N5O6. The first-order valence-electron chi connectivity index (χ1n) is 12.6. The van der Waals surface area contributed by atoms with E-state index in [1.807, 2.05) is 10.9 Å². The monoisotopic (exact) mass is 523 g/mol. The third-order valence-electron chi connectivity index (χ3n) is 7.09. The number of nitrogens with one attached hydrogen (secondary N) is 1. The number of hydrogen-bond acceptors (Lipinski definition) is 7. The number of aryl methyl sites for hydroxylation is 1. The van der Waals surface area contributed by atoms with Crippen LogP contribution in [0.1, 0.15) is 55.9 Å². The maximum Gasteiger partial charge on any atom is 0.303 e. The van der Waals surface area contributed by atoms with Crippen molar-refractivity contribution in [2.24, 2.45) is 7.05 Å². The van der Waals surface area contributed by atoms with E-state index in [2.05, 4.69) is 5.32 Å². The zero-order chi connectivity index (χ0) is 27.6.